The van der Waals surface area contributed by atoms with Gasteiger partial charge in [0.1, 0.15) is 0 Å². The Morgan fingerprint density at radius 2 is 1.92 bits per heavy atom. The number of rotatable bonds is 4. The van der Waals surface area contributed by atoms with Crippen LogP contribution in [-0.4, -0.2) is 35.1 Å². The van der Waals surface area contributed by atoms with Gasteiger partial charge in [-0.2, -0.15) is 18.3 Å². The molecule has 194 valence electrons. The molecular weight excluding hydrogens is 540 g/mol. The molecule has 0 spiro atoms. The van der Waals surface area contributed by atoms with Gasteiger partial charge in [0.2, 0.25) is 0 Å². The summed E-state index contributed by atoms with van der Waals surface area (Å²) in [7, 11) is 0. The van der Waals surface area contributed by atoms with Gasteiger partial charge in [-0.3, -0.25) is 9.79 Å². The second kappa shape index (κ2) is 10.3. The summed E-state index contributed by atoms with van der Waals surface area (Å²) in [6.07, 6.45) is -0.471. The molecule has 4 rings (SSSR count). The Morgan fingerprint density at radius 3 is 2.53 bits per heavy atom. The fourth-order valence-corrected chi connectivity index (χ4v) is 6.15. The van der Waals surface area contributed by atoms with Gasteiger partial charge in [-0.1, -0.05) is 42.2 Å². The first-order valence-electron chi connectivity index (χ1n) is 11.4. The molecule has 1 aromatic rings. The van der Waals surface area contributed by atoms with Crippen LogP contribution in [0.25, 0.3) is 0 Å². The second-order valence-electron chi connectivity index (χ2n) is 9.33. The standard InChI is InChI=1S/C24H24Cl3F3N4O2/c1-12-6-18(27)21(32-33-22(35)14-4-3-5-31-11-14)13(2)20(12)19-10-23(36-34-19,24(28,29)30)15-7-16(25)9-17(26)8-15/h5,7-9,11-13,18,20H,3-4,6,10H2,1-2H3,(H,33,35)/b32-21+. The van der Waals surface area contributed by atoms with Crippen molar-refractivity contribution in [2.75, 3.05) is 0 Å². The first-order valence-corrected chi connectivity index (χ1v) is 12.6. The summed E-state index contributed by atoms with van der Waals surface area (Å²) in [6, 6.07) is 3.73. The highest BCUT2D eigenvalue weighted by Crippen LogP contribution is 2.51. The molecule has 0 aromatic heterocycles. The molecule has 0 bridgehead atoms. The fraction of sp³-hybridized carbons (Fsp3) is 0.500. The Labute approximate surface area is 221 Å². The number of amides is 1. The molecular formula is C24H24Cl3F3N4O2. The highest BCUT2D eigenvalue weighted by atomic mass is 35.5. The summed E-state index contributed by atoms with van der Waals surface area (Å²) in [5.74, 6) is -1.33. The number of aliphatic imine (C=N–C) groups is 1. The molecule has 1 N–H and O–H groups in total. The third-order valence-electron chi connectivity index (χ3n) is 6.90. The van der Waals surface area contributed by atoms with E-state index in [1.165, 1.54) is 24.4 Å². The van der Waals surface area contributed by atoms with Crippen molar-refractivity contribution >= 4 is 58.3 Å². The van der Waals surface area contributed by atoms with Crippen molar-refractivity contribution in [3.63, 3.8) is 0 Å². The topological polar surface area (TPSA) is 75.4 Å². The second-order valence-corrected chi connectivity index (χ2v) is 10.7. The van der Waals surface area contributed by atoms with E-state index in [4.69, 9.17) is 39.6 Å². The predicted octanol–water partition coefficient (Wildman–Crippen LogP) is 6.65. The summed E-state index contributed by atoms with van der Waals surface area (Å²) in [4.78, 5) is 21.6. The van der Waals surface area contributed by atoms with Crippen LogP contribution in [0.15, 0.2) is 45.2 Å². The number of hydrogen-bond donors (Lipinski definition) is 1. The first-order chi connectivity index (χ1) is 16.9. The Kier molecular flexibility index (Phi) is 7.74. The van der Waals surface area contributed by atoms with Gasteiger partial charge in [0.25, 0.3) is 11.5 Å². The first kappa shape index (κ1) is 26.9. The summed E-state index contributed by atoms with van der Waals surface area (Å²) in [5, 5.41) is 7.86. The van der Waals surface area contributed by atoms with Crippen LogP contribution in [0.1, 0.15) is 45.1 Å². The number of benzene rings is 1. The minimum atomic E-state index is -4.79. The van der Waals surface area contributed by atoms with Crippen LogP contribution in [0.4, 0.5) is 13.2 Å². The number of halogens is 6. The minimum Gasteiger partial charge on any atom is -0.374 e. The highest BCUT2D eigenvalue weighted by molar-refractivity contribution is 6.34. The minimum absolute atomic E-state index is 0.0616. The number of nitrogens with one attached hydrogen (secondary N) is 1. The van der Waals surface area contributed by atoms with Gasteiger partial charge in [0.15, 0.2) is 0 Å². The molecule has 3 aliphatic rings. The fourth-order valence-electron chi connectivity index (χ4n) is 5.10. The lowest BCUT2D eigenvalue weighted by Crippen LogP contribution is -2.46. The maximum atomic E-state index is 14.4. The van der Waals surface area contributed by atoms with Gasteiger partial charge < -0.3 is 4.84 Å². The molecule has 0 saturated heterocycles. The molecule has 2 aliphatic heterocycles. The van der Waals surface area contributed by atoms with Gasteiger partial charge in [0, 0.05) is 51.9 Å². The number of alkyl halides is 4. The van der Waals surface area contributed by atoms with Crippen LogP contribution in [0.3, 0.4) is 0 Å². The van der Waals surface area contributed by atoms with Crippen LogP contribution in [-0.2, 0) is 15.2 Å². The number of nitrogens with zero attached hydrogens (tertiary/aromatic N) is 3. The van der Waals surface area contributed by atoms with E-state index in [1.807, 2.05) is 13.8 Å². The van der Waals surface area contributed by atoms with Crippen molar-refractivity contribution in [1.29, 1.82) is 0 Å². The number of hydrazone groups is 1. The summed E-state index contributed by atoms with van der Waals surface area (Å²) in [6.45, 7) is 3.72. The third kappa shape index (κ3) is 5.15. The Hall–Kier alpha value is -2.10. The van der Waals surface area contributed by atoms with Crippen molar-refractivity contribution in [3.05, 3.63) is 45.6 Å². The van der Waals surface area contributed by atoms with Crippen molar-refractivity contribution in [2.45, 2.75) is 56.7 Å². The van der Waals surface area contributed by atoms with Crippen molar-refractivity contribution in [1.82, 2.24) is 5.43 Å². The molecule has 1 fully saturated rings. The Balaban J connectivity index is 1.60. The normalized spacial score (nSPS) is 31.6. The monoisotopic (exact) mass is 562 g/mol. The maximum Gasteiger partial charge on any atom is 0.435 e. The van der Waals surface area contributed by atoms with E-state index in [1.54, 1.807) is 6.21 Å². The molecule has 1 amide bonds. The van der Waals surface area contributed by atoms with E-state index in [9.17, 15) is 18.0 Å². The molecule has 1 aliphatic carbocycles. The van der Waals surface area contributed by atoms with Crippen LogP contribution < -0.4 is 5.43 Å². The molecule has 5 unspecified atom stereocenters. The highest BCUT2D eigenvalue weighted by Gasteiger charge is 2.63. The third-order valence-corrected chi connectivity index (χ3v) is 7.73. The molecule has 1 aromatic carbocycles. The molecule has 2 heterocycles. The Morgan fingerprint density at radius 1 is 1.22 bits per heavy atom. The van der Waals surface area contributed by atoms with Crippen LogP contribution in [0.2, 0.25) is 10.0 Å². The van der Waals surface area contributed by atoms with E-state index >= 15 is 0 Å². The number of oxime groups is 1. The summed E-state index contributed by atoms with van der Waals surface area (Å²) in [5.41, 5.74) is 0.809. The van der Waals surface area contributed by atoms with Gasteiger partial charge in [-0.05, 0) is 43.4 Å². The molecule has 36 heavy (non-hydrogen) atoms. The van der Waals surface area contributed by atoms with Crippen molar-refractivity contribution < 1.29 is 22.8 Å². The van der Waals surface area contributed by atoms with Gasteiger partial charge in [0.05, 0.1) is 16.8 Å². The lowest BCUT2D eigenvalue weighted by Gasteiger charge is -2.38. The predicted molar refractivity (Wildman–Crippen MR) is 135 cm³/mol. The summed E-state index contributed by atoms with van der Waals surface area (Å²) >= 11 is 18.6. The van der Waals surface area contributed by atoms with Crippen LogP contribution in [0, 0.1) is 17.8 Å². The largest absolute Gasteiger partial charge is 0.435 e. The molecule has 0 radical (unpaired) electrons. The lowest BCUT2D eigenvalue weighted by atomic mass is 9.68. The molecule has 5 atom stereocenters. The van der Waals surface area contributed by atoms with Gasteiger partial charge in [-0.15, -0.1) is 11.6 Å². The van der Waals surface area contributed by atoms with Crippen molar-refractivity contribution in [2.24, 2.45) is 33.0 Å². The van der Waals surface area contributed by atoms with Gasteiger partial charge >= 0.3 is 6.18 Å². The zero-order valence-electron chi connectivity index (χ0n) is 19.5. The number of carbonyl (C=O) groups is 1. The van der Waals surface area contributed by atoms with E-state index in [0.717, 1.165) is 0 Å². The zero-order valence-corrected chi connectivity index (χ0v) is 21.7. The molecule has 12 heteroatoms. The number of hydrogen-bond acceptors (Lipinski definition) is 5. The average Bonchev–Trinajstić information content (AvgIpc) is 3.25. The van der Waals surface area contributed by atoms with E-state index in [2.05, 4.69) is 20.7 Å². The molecule has 1 saturated carbocycles. The lowest BCUT2D eigenvalue weighted by molar-refractivity contribution is -0.275. The van der Waals surface area contributed by atoms with E-state index < -0.39 is 35.4 Å². The van der Waals surface area contributed by atoms with Crippen molar-refractivity contribution in [3.8, 4) is 0 Å². The SMILES string of the molecule is CC1CC(Cl)/C(=N/NC(=O)C2=CN=CCC2)C(C)C1C1=NOC(c2cc(Cl)cc(Cl)c2)(C(F)(F)F)C1. The zero-order chi connectivity index (χ0) is 26.3. The van der Waals surface area contributed by atoms with E-state index in [-0.39, 0.29) is 33.1 Å². The summed E-state index contributed by atoms with van der Waals surface area (Å²) < 4.78 is 43.3. The number of carbonyl (C=O) groups excluding carboxylic acids is 1. The quantitative estimate of drug-likeness (QED) is 0.329. The van der Waals surface area contributed by atoms with E-state index in [0.29, 0.717) is 30.5 Å². The smallest absolute Gasteiger partial charge is 0.374 e. The maximum absolute atomic E-state index is 14.4. The van der Waals surface area contributed by atoms with Gasteiger partial charge in [-0.25, -0.2) is 5.43 Å². The van der Waals surface area contributed by atoms with Crippen LogP contribution >= 0.6 is 34.8 Å². The average molecular weight is 564 g/mol. The Bertz CT molecular complexity index is 1150. The van der Waals surface area contributed by atoms with Crippen LogP contribution in [0.5, 0.6) is 0 Å². The molecule has 6 nitrogen and oxygen atoms in total.